The first-order valence-corrected chi connectivity index (χ1v) is 20.9. The van der Waals surface area contributed by atoms with Crippen LogP contribution in [0.25, 0.3) is 17.2 Å². The van der Waals surface area contributed by atoms with E-state index < -0.39 is 40.7 Å². The second-order valence-electron chi connectivity index (χ2n) is 14.9. The van der Waals surface area contributed by atoms with Crippen molar-refractivity contribution >= 4 is 63.5 Å². The Hall–Kier alpha value is -5.76. The Morgan fingerprint density at radius 3 is 2.05 bits per heavy atom. The summed E-state index contributed by atoms with van der Waals surface area (Å²) < 4.78 is 35.4. The summed E-state index contributed by atoms with van der Waals surface area (Å²) in [4.78, 5) is 47.9. The van der Waals surface area contributed by atoms with Gasteiger partial charge in [-0.15, -0.1) is 11.3 Å². The van der Waals surface area contributed by atoms with Gasteiger partial charge in [-0.05, 0) is 78.2 Å². The molecule has 0 saturated carbocycles. The molecule has 4 aromatic carbocycles. The number of aromatic nitrogens is 2. The van der Waals surface area contributed by atoms with Crippen LogP contribution in [0.4, 0.5) is 8.78 Å². The molecule has 300 valence electrons. The number of esters is 1. The fourth-order valence-electron chi connectivity index (χ4n) is 6.97. The molecule has 1 saturated heterocycles. The van der Waals surface area contributed by atoms with E-state index in [1.165, 1.54) is 22.3 Å². The summed E-state index contributed by atoms with van der Waals surface area (Å²) in [6.07, 6.45) is 5.24. The van der Waals surface area contributed by atoms with Gasteiger partial charge in [0.15, 0.2) is 11.6 Å². The molecule has 2 aromatic heterocycles. The highest BCUT2D eigenvalue weighted by atomic mass is 32.2. The molecule has 1 aliphatic rings. The van der Waals surface area contributed by atoms with Crippen molar-refractivity contribution in [2.24, 2.45) is 0 Å². The van der Waals surface area contributed by atoms with E-state index in [9.17, 15) is 23.2 Å². The monoisotopic (exact) mass is 846 g/mol. The molecule has 7 rings (SSSR count). The second kappa shape index (κ2) is 17.6. The zero-order chi connectivity index (χ0) is 41.7. The number of halogens is 2. The second-order valence-corrected chi connectivity index (χ2v) is 17.5. The predicted molar refractivity (Wildman–Crippen MR) is 232 cm³/mol. The molecule has 0 aliphatic carbocycles. The van der Waals surface area contributed by atoms with Crippen LogP contribution >= 0.6 is 35.3 Å². The zero-order valence-corrected chi connectivity index (χ0v) is 34.9. The molecule has 1 aliphatic heterocycles. The minimum absolute atomic E-state index is 0.0121. The highest BCUT2D eigenvalue weighted by Gasteiger charge is 2.39. The Morgan fingerprint density at radius 2 is 1.47 bits per heavy atom. The lowest BCUT2D eigenvalue weighted by atomic mass is 9.77. The molecule has 1 N–H and O–H groups in total. The minimum atomic E-state index is -1.08. The van der Waals surface area contributed by atoms with Gasteiger partial charge in [-0.25, -0.2) is 18.6 Å². The van der Waals surface area contributed by atoms with Crippen LogP contribution in [-0.2, 0) is 31.1 Å². The Labute approximate surface area is 354 Å². The van der Waals surface area contributed by atoms with Crippen molar-refractivity contribution in [2.45, 2.75) is 50.8 Å². The van der Waals surface area contributed by atoms with Crippen LogP contribution in [0.15, 0.2) is 138 Å². The number of hydrogen-bond acceptors (Lipinski definition) is 8. The summed E-state index contributed by atoms with van der Waals surface area (Å²) in [7, 11) is 0. The summed E-state index contributed by atoms with van der Waals surface area (Å²) in [5.41, 5.74) is 3.12. The quantitative estimate of drug-likeness (QED) is 0.0536. The number of thiocarbonyl (C=S) groups is 1. The Morgan fingerprint density at radius 1 is 0.864 bits per heavy atom. The number of carbonyl (C=O) groups excluding carboxylic acids is 3. The van der Waals surface area contributed by atoms with E-state index in [1.54, 1.807) is 44.6 Å². The lowest BCUT2D eigenvalue weighted by Gasteiger charge is -2.37. The number of carbonyl (C=O) groups is 3. The summed E-state index contributed by atoms with van der Waals surface area (Å²) in [5.74, 6) is -3.32. The lowest BCUT2D eigenvalue weighted by molar-refractivity contribution is -0.158. The van der Waals surface area contributed by atoms with Gasteiger partial charge in [0.05, 0.1) is 16.9 Å². The third kappa shape index (κ3) is 9.27. The largest absolute Gasteiger partial charge is 0.458 e. The van der Waals surface area contributed by atoms with Gasteiger partial charge in [-0.3, -0.25) is 14.5 Å². The molecule has 0 bridgehead atoms. The Balaban J connectivity index is 1.09. The third-order valence-corrected chi connectivity index (χ3v) is 11.9. The van der Waals surface area contributed by atoms with E-state index in [0.717, 1.165) is 45.5 Å². The molecule has 1 atom stereocenters. The molecule has 0 unspecified atom stereocenters. The molecule has 2 amide bonds. The number of nitrogens with one attached hydrogen (secondary N) is 1. The average Bonchev–Trinajstić information content (AvgIpc) is 3.95. The normalized spacial score (nSPS) is 14.5. The summed E-state index contributed by atoms with van der Waals surface area (Å²) in [6.45, 7) is 5.26. The van der Waals surface area contributed by atoms with E-state index in [-0.39, 0.29) is 25.3 Å². The van der Waals surface area contributed by atoms with Crippen LogP contribution in [0, 0.1) is 11.6 Å². The summed E-state index contributed by atoms with van der Waals surface area (Å²) in [5, 5.41) is 4.64. The Bertz CT molecular complexity index is 2420. The molecule has 8 nitrogen and oxygen atoms in total. The van der Waals surface area contributed by atoms with Gasteiger partial charge in [0.25, 0.3) is 5.91 Å². The van der Waals surface area contributed by atoms with Crippen molar-refractivity contribution in [3.63, 3.8) is 0 Å². The fourth-order valence-corrected chi connectivity index (χ4v) is 9.19. The number of benzene rings is 4. The van der Waals surface area contributed by atoms with Gasteiger partial charge >= 0.3 is 5.97 Å². The van der Waals surface area contributed by atoms with Gasteiger partial charge in [0.1, 0.15) is 21.5 Å². The summed E-state index contributed by atoms with van der Waals surface area (Å²) >= 11 is 7.98. The van der Waals surface area contributed by atoms with E-state index in [4.69, 9.17) is 21.9 Å². The summed E-state index contributed by atoms with van der Waals surface area (Å²) in [6, 6.07) is 34.8. The molecule has 59 heavy (non-hydrogen) atoms. The van der Waals surface area contributed by atoms with E-state index in [1.807, 2.05) is 65.4 Å². The number of rotatable bonds is 13. The van der Waals surface area contributed by atoms with E-state index in [2.05, 4.69) is 41.7 Å². The third-order valence-electron chi connectivity index (χ3n) is 9.62. The van der Waals surface area contributed by atoms with Gasteiger partial charge in [-0.1, -0.05) is 121 Å². The zero-order valence-electron chi connectivity index (χ0n) is 32.4. The van der Waals surface area contributed by atoms with Crippen molar-refractivity contribution in [1.82, 2.24) is 19.8 Å². The number of imidazole rings is 1. The SMILES string of the molecule is CC(C)(C)OC(=O)[C@H](Cc1cn(C(c2ccccc2)(c2ccccc2)c2ccccc2)cn1)NC(=O)CCN1C(=O)/C(=C/c2cc(-c3ccc(F)c(F)c3)cs2)SC1=S. The van der Waals surface area contributed by atoms with Crippen molar-refractivity contribution in [3.8, 4) is 11.1 Å². The van der Waals surface area contributed by atoms with Gasteiger partial charge in [0.2, 0.25) is 5.91 Å². The van der Waals surface area contributed by atoms with Crippen LogP contribution in [0.2, 0.25) is 0 Å². The van der Waals surface area contributed by atoms with Crippen molar-refractivity contribution in [3.05, 3.63) is 177 Å². The number of hydrogen-bond donors (Lipinski definition) is 1. The lowest BCUT2D eigenvalue weighted by Crippen LogP contribution is -2.46. The Kier molecular flexibility index (Phi) is 12.4. The first-order valence-electron chi connectivity index (χ1n) is 18.8. The molecule has 3 heterocycles. The van der Waals surface area contributed by atoms with E-state index in [0.29, 0.717) is 26.0 Å². The smallest absolute Gasteiger partial charge is 0.329 e. The molecule has 6 aromatic rings. The van der Waals surface area contributed by atoms with Crippen molar-refractivity contribution in [2.75, 3.05) is 6.54 Å². The fraction of sp³-hybridized carbons (Fsp3) is 0.196. The molecular weight excluding hydrogens is 807 g/mol. The van der Waals surface area contributed by atoms with Gasteiger partial charge in [0, 0.05) is 30.5 Å². The van der Waals surface area contributed by atoms with Crippen LogP contribution in [0.1, 0.15) is 54.5 Å². The van der Waals surface area contributed by atoms with Crippen molar-refractivity contribution < 1.29 is 27.9 Å². The molecule has 0 radical (unpaired) electrons. The highest BCUT2D eigenvalue weighted by molar-refractivity contribution is 8.26. The van der Waals surface area contributed by atoms with E-state index >= 15 is 0 Å². The average molecular weight is 847 g/mol. The van der Waals surface area contributed by atoms with Crippen LogP contribution in [0.3, 0.4) is 0 Å². The number of thiophene rings is 1. The maximum Gasteiger partial charge on any atom is 0.329 e. The van der Waals surface area contributed by atoms with Gasteiger partial charge < -0.3 is 14.6 Å². The molecule has 13 heteroatoms. The standard InChI is InChI=1S/C46H40F2N4O4S3/c1-45(2,3)56-43(55)39(25-35-27-51(29-49-35)46(32-13-7-4-8-14-32,33-15-9-5-10-16-33)34-17-11-6-12-18-34)50-41(53)21-22-52-42(54)40(59-44(52)57)26-36-23-31(28-58-36)30-19-20-37(47)38(48)24-30/h4-20,23-24,26-29,39H,21-22,25H2,1-3H3,(H,50,53)/b40-26-/t39-/m0/s1. The first-order chi connectivity index (χ1) is 28.3. The van der Waals surface area contributed by atoms with Crippen LogP contribution < -0.4 is 5.32 Å². The van der Waals surface area contributed by atoms with Gasteiger partial charge in [-0.2, -0.15) is 0 Å². The molecule has 0 spiro atoms. The maximum absolute atomic E-state index is 13.8. The first kappa shape index (κ1) is 41.4. The van der Waals surface area contributed by atoms with Crippen LogP contribution in [-0.4, -0.2) is 54.7 Å². The predicted octanol–water partition coefficient (Wildman–Crippen LogP) is 9.39. The number of thioether (sulfide) groups is 1. The van der Waals surface area contributed by atoms with Crippen molar-refractivity contribution in [1.29, 1.82) is 0 Å². The minimum Gasteiger partial charge on any atom is -0.458 e. The topological polar surface area (TPSA) is 93.5 Å². The number of amides is 2. The maximum atomic E-state index is 13.8. The van der Waals surface area contributed by atoms with Crippen LogP contribution in [0.5, 0.6) is 0 Å². The highest BCUT2D eigenvalue weighted by Crippen LogP contribution is 2.41. The molecule has 1 fully saturated rings. The number of ether oxygens (including phenoxy) is 1. The number of nitrogens with zero attached hydrogens (tertiary/aromatic N) is 3. The molecular formula is C46H40F2N4O4S3.